The molecule has 180 valence electrons. The predicted octanol–water partition coefficient (Wildman–Crippen LogP) is 4.58. The number of aryl methyl sites for hydroxylation is 1. The van der Waals surface area contributed by atoms with E-state index < -0.39 is 10.0 Å². The minimum atomic E-state index is -3.65. The van der Waals surface area contributed by atoms with Crippen LogP contribution >= 0.6 is 0 Å². The van der Waals surface area contributed by atoms with Crippen molar-refractivity contribution in [3.63, 3.8) is 0 Å². The average Bonchev–Trinajstić information content (AvgIpc) is 3.33. The molecule has 0 atom stereocenters. The van der Waals surface area contributed by atoms with Crippen LogP contribution in [0.4, 0.5) is 0 Å². The van der Waals surface area contributed by atoms with Gasteiger partial charge in [-0.25, -0.2) is 13.4 Å². The first kappa shape index (κ1) is 24.2. The zero-order chi connectivity index (χ0) is 24.1. The van der Waals surface area contributed by atoms with Crippen LogP contribution in [0.2, 0.25) is 0 Å². The van der Waals surface area contributed by atoms with E-state index in [4.69, 9.17) is 4.42 Å². The van der Waals surface area contributed by atoms with Crippen LogP contribution in [0.3, 0.4) is 0 Å². The van der Waals surface area contributed by atoms with E-state index in [1.165, 1.54) is 10.4 Å². The molecule has 2 aromatic carbocycles. The number of nitrogens with zero attached hydrogens (tertiary/aromatic N) is 2. The molecule has 8 heteroatoms. The van der Waals surface area contributed by atoms with Crippen LogP contribution in [0, 0.1) is 6.92 Å². The summed E-state index contributed by atoms with van der Waals surface area (Å²) in [4.78, 5) is 17.3. The molecule has 0 aliphatic heterocycles. The summed E-state index contributed by atoms with van der Waals surface area (Å²) in [6, 6.07) is 14.2. The Morgan fingerprint density at radius 3 is 2.59 bits per heavy atom. The third-order valence-electron chi connectivity index (χ3n) is 6.38. The zero-order valence-electron chi connectivity index (χ0n) is 19.7. The topological polar surface area (TPSA) is 92.5 Å². The van der Waals surface area contributed by atoms with Crippen LogP contribution in [0.1, 0.15) is 53.7 Å². The lowest BCUT2D eigenvalue weighted by Crippen LogP contribution is -2.38. The number of carbonyl (C=O) groups is 1. The van der Waals surface area contributed by atoms with Gasteiger partial charge in [-0.3, -0.25) is 4.79 Å². The normalized spacial score (nSPS) is 14.9. The fourth-order valence-electron chi connectivity index (χ4n) is 4.26. The molecule has 1 amide bonds. The first-order valence-corrected chi connectivity index (χ1v) is 13.2. The van der Waals surface area contributed by atoms with Crippen LogP contribution < -0.4 is 5.32 Å². The van der Waals surface area contributed by atoms with Crippen LogP contribution in [0.25, 0.3) is 11.5 Å². The Bertz CT molecular complexity index is 1230. The Hall–Kier alpha value is -2.97. The van der Waals surface area contributed by atoms with Crippen molar-refractivity contribution in [2.45, 2.75) is 56.4 Å². The molecule has 4 rings (SSSR count). The second kappa shape index (κ2) is 10.5. The van der Waals surface area contributed by atoms with E-state index in [2.05, 4.69) is 10.3 Å². The Morgan fingerprint density at radius 2 is 1.85 bits per heavy atom. The summed E-state index contributed by atoms with van der Waals surface area (Å²) in [7, 11) is -2.01. The largest absolute Gasteiger partial charge is 0.444 e. The molecule has 3 aromatic rings. The maximum absolute atomic E-state index is 13.1. The summed E-state index contributed by atoms with van der Waals surface area (Å²) in [6.07, 6.45) is 7.10. The summed E-state index contributed by atoms with van der Waals surface area (Å²) in [5.74, 6) is 0.223. The fourth-order valence-corrected chi connectivity index (χ4v) is 5.72. The third-order valence-corrected chi connectivity index (χ3v) is 8.29. The molecule has 1 fully saturated rings. The van der Waals surface area contributed by atoms with Gasteiger partial charge in [-0.05, 0) is 50.1 Å². The highest BCUT2D eigenvalue weighted by Gasteiger charge is 2.29. The summed E-state index contributed by atoms with van der Waals surface area (Å²) >= 11 is 0. The van der Waals surface area contributed by atoms with Crippen molar-refractivity contribution in [2.24, 2.45) is 0 Å². The number of oxazole rings is 1. The molecule has 0 bridgehead atoms. The molecule has 1 aliphatic carbocycles. The van der Waals surface area contributed by atoms with Gasteiger partial charge in [0.05, 0.1) is 10.6 Å². The molecule has 1 saturated carbocycles. The smallest absolute Gasteiger partial charge is 0.251 e. The zero-order valence-corrected chi connectivity index (χ0v) is 20.5. The molecule has 1 N–H and O–H groups in total. The molecule has 34 heavy (non-hydrogen) atoms. The molecule has 7 nitrogen and oxygen atoms in total. The van der Waals surface area contributed by atoms with Gasteiger partial charge in [0.15, 0.2) is 0 Å². The quantitative estimate of drug-likeness (QED) is 0.509. The number of rotatable bonds is 8. The molecule has 0 saturated heterocycles. The molecule has 1 heterocycles. The number of carbonyl (C=O) groups excluding carboxylic acids is 1. The van der Waals surface area contributed by atoms with Crippen LogP contribution in [-0.4, -0.2) is 43.2 Å². The second-order valence-electron chi connectivity index (χ2n) is 8.86. The number of hydrogen-bond donors (Lipinski definition) is 1. The summed E-state index contributed by atoms with van der Waals surface area (Å²) < 4.78 is 33.3. The monoisotopic (exact) mass is 481 g/mol. The van der Waals surface area contributed by atoms with Crippen molar-refractivity contribution < 1.29 is 17.6 Å². The van der Waals surface area contributed by atoms with Gasteiger partial charge in [0.25, 0.3) is 5.91 Å². The van der Waals surface area contributed by atoms with E-state index in [1.807, 2.05) is 31.2 Å². The third kappa shape index (κ3) is 5.56. The van der Waals surface area contributed by atoms with Crippen LogP contribution in [0.5, 0.6) is 0 Å². The standard InChI is InChI=1S/C26H31N3O4S/c1-19-11-13-20(14-12-19)26-28-22(18-33-26)15-16-27-25(30)21-7-6-10-24(17-21)34(31,32)29(2)23-8-4-3-5-9-23/h6-7,10-14,17-18,23H,3-5,8-9,15-16H2,1-2H3,(H,27,30). The Morgan fingerprint density at radius 1 is 1.12 bits per heavy atom. The minimum Gasteiger partial charge on any atom is -0.444 e. The van der Waals surface area contributed by atoms with Crippen molar-refractivity contribution in [3.8, 4) is 11.5 Å². The summed E-state index contributed by atoms with van der Waals surface area (Å²) in [5, 5.41) is 2.85. The number of benzene rings is 2. The number of aromatic nitrogens is 1. The Labute approximate surface area is 201 Å². The van der Waals surface area contributed by atoms with Crippen LogP contribution in [-0.2, 0) is 16.4 Å². The molecular formula is C26H31N3O4S. The number of hydrogen-bond acceptors (Lipinski definition) is 5. The molecule has 0 spiro atoms. The van der Waals surface area contributed by atoms with E-state index in [9.17, 15) is 13.2 Å². The Kier molecular flexibility index (Phi) is 7.48. The highest BCUT2D eigenvalue weighted by atomic mass is 32.2. The highest BCUT2D eigenvalue weighted by Crippen LogP contribution is 2.27. The number of nitrogens with one attached hydrogen (secondary N) is 1. The second-order valence-corrected chi connectivity index (χ2v) is 10.9. The van der Waals surface area contributed by atoms with E-state index in [0.29, 0.717) is 24.4 Å². The fraction of sp³-hybridized carbons (Fsp3) is 0.385. The van der Waals surface area contributed by atoms with Gasteiger partial charge < -0.3 is 9.73 Å². The minimum absolute atomic E-state index is 0.0171. The molecular weight excluding hydrogens is 450 g/mol. The average molecular weight is 482 g/mol. The summed E-state index contributed by atoms with van der Waals surface area (Å²) in [6.45, 7) is 2.38. The lowest BCUT2D eigenvalue weighted by atomic mass is 9.96. The van der Waals surface area contributed by atoms with Crippen molar-refractivity contribution in [3.05, 3.63) is 71.6 Å². The van der Waals surface area contributed by atoms with Gasteiger partial charge in [-0.2, -0.15) is 4.31 Å². The van der Waals surface area contributed by atoms with Crippen molar-refractivity contribution in [1.29, 1.82) is 0 Å². The highest BCUT2D eigenvalue weighted by molar-refractivity contribution is 7.89. The molecule has 0 unspecified atom stereocenters. The van der Waals surface area contributed by atoms with Gasteiger partial charge in [0.2, 0.25) is 15.9 Å². The van der Waals surface area contributed by atoms with Crippen molar-refractivity contribution in [2.75, 3.05) is 13.6 Å². The predicted molar refractivity (Wildman–Crippen MR) is 131 cm³/mol. The lowest BCUT2D eigenvalue weighted by molar-refractivity contribution is 0.0954. The van der Waals surface area contributed by atoms with Crippen LogP contribution in [0.15, 0.2) is 64.1 Å². The van der Waals surface area contributed by atoms with Gasteiger partial charge >= 0.3 is 0 Å². The van der Waals surface area contributed by atoms with E-state index >= 15 is 0 Å². The number of sulfonamides is 1. The summed E-state index contributed by atoms with van der Waals surface area (Å²) in [5.41, 5.74) is 3.12. The lowest BCUT2D eigenvalue weighted by Gasteiger charge is -2.30. The van der Waals surface area contributed by atoms with E-state index in [0.717, 1.165) is 48.9 Å². The Balaban J connectivity index is 1.36. The van der Waals surface area contributed by atoms with Gasteiger partial charge in [0, 0.05) is 37.2 Å². The van der Waals surface area contributed by atoms with Gasteiger partial charge in [-0.15, -0.1) is 0 Å². The SMILES string of the molecule is Cc1ccc(-c2nc(CCNC(=O)c3cccc(S(=O)(=O)N(C)C4CCCCC4)c3)co2)cc1. The molecule has 0 radical (unpaired) electrons. The number of amides is 1. The van der Waals surface area contributed by atoms with Crippen molar-refractivity contribution >= 4 is 15.9 Å². The molecule has 1 aliphatic rings. The first-order valence-electron chi connectivity index (χ1n) is 11.7. The maximum Gasteiger partial charge on any atom is 0.251 e. The van der Waals surface area contributed by atoms with Gasteiger partial charge in [0.1, 0.15) is 6.26 Å². The first-order chi connectivity index (χ1) is 16.3. The van der Waals surface area contributed by atoms with E-state index in [-0.39, 0.29) is 16.8 Å². The van der Waals surface area contributed by atoms with E-state index in [1.54, 1.807) is 31.5 Å². The maximum atomic E-state index is 13.1. The van der Waals surface area contributed by atoms with Crippen molar-refractivity contribution in [1.82, 2.24) is 14.6 Å². The van der Waals surface area contributed by atoms with Gasteiger partial charge in [-0.1, -0.05) is 43.0 Å². The molecule has 1 aromatic heterocycles.